The number of carbonyl (C=O) groups excluding carboxylic acids is 2. The third-order valence-corrected chi connectivity index (χ3v) is 5.98. The van der Waals surface area contributed by atoms with Crippen LogP contribution < -0.4 is 0 Å². The monoisotopic (exact) mass is 364 g/mol. The molecule has 26 heavy (non-hydrogen) atoms. The molecular formula is C20H13FN2O2S. The van der Waals surface area contributed by atoms with Crippen LogP contribution >= 0.6 is 11.8 Å². The fourth-order valence-corrected chi connectivity index (χ4v) is 4.72. The number of fused-ring (bicyclic) bond motifs is 3. The van der Waals surface area contributed by atoms with Crippen LogP contribution in [0.5, 0.6) is 0 Å². The molecule has 1 aliphatic carbocycles. The molecule has 1 fully saturated rings. The lowest BCUT2D eigenvalue weighted by atomic mass is 9.91. The molecule has 0 unspecified atom stereocenters. The van der Waals surface area contributed by atoms with Gasteiger partial charge in [0.05, 0.1) is 11.3 Å². The first-order valence-electron chi connectivity index (χ1n) is 8.28. The number of Topliss-reactive ketones (excluding diaryl/α,β-unsaturated/α-hetero) is 1. The van der Waals surface area contributed by atoms with Crippen molar-refractivity contribution in [2.45, 2.75) is 18.2 Å². The SMILES string of the molecule is C[C@@H]1SC2=NC3=C(c4ccccc4C3=O)[C@H](c3ccc(F)cc3)N2C1=O. The number of aliphatic imine (C=N–C) groups is 1. The van der Waals surface area contributed by atoms with Crippen LogP contribution in [0.1, 0.15) is 34.5 Å². The molecule has 5 rings (SSSR count). The van der Waals surface area contributed by atoms with E-state index in [4.69, 9.17) is 0 Å². The second-order valence-electron chi connectivity index (χ2n) is 6.45. The molecule has 0 saturated carbocycles. The molecule has 0 radical (unpaired) electrons. The van der Waals surface area contributed by atoms with Gasteiger partial charge in [0.25, 0.3) is 0 Å². The summed E-state index contributed by atoms with van der Waals surface area (Å²) in [6.45, 7) is 1.83. The Labute approximate surface area is 153 Å². The van der Waals surface area contributed by atoms with E-state index in [0.29, 0.717) is 16.4 Å². The number of benzene rings is 2. The van der Waals surface area contributed by atoms with Gasteiger partial charge in [-0.05, 0) is 30.2 Å². The third kappa shape index (κ3) is 1.99. The summed E-state index contributed by atoms with van der Waals surface area (Å²) in [7, 11) is 0. The number of allylic oxidation sites excluding steroid dienone is 1. The molecular weight excluding hydrogens is 351 g/mol. The van der Waals surface area contributed by atoms with Gasteiger partial charge in [-0.15, -0.1) is 0 Å². The summed E-state index contributed by atoms with van der Waals surface area (Å²) in [5, 5.41) is 0.277. The van der Waals surface area contributed by atoms with Gasteiger partial charge in [0, 0.05) is 11.1 Å². The van der Waals surface area contributed by atoms with E-state index in [1.54, 1.807) is 23.1 Å². The van der Waals surface area contributed by atoms with E-state index in [1.807, 2.05) is 25.1 Å². The first-order chi connectivity index (χ1) is 12.6. The van der Waals surface area contributed by atoms with Gasteiger partial charge >= 0.3 is 0 Å². The lowest BCUT2D eigenvalue weighted by Crippen LogP contribution is -2.38. The van der Waals surface area contributed by atoms with Crippen LogP contribution in [0.3, 0.4) is 0 Å². The largest absolute Gasteiger partial charge is 0.287 e. The third-order valence-electron chi connectivity index (χ3n) is 4.93. The van der Waals surface area contributed by atoms with E-state index in [1.165, 1.54) is 23.9 Å². The van der Waals surface area contributed by atoms with Crippen molar-refractivity contribution >= 4 is 34.2 Å². The first-order valence-corrected chi connectivity index (χ1v) is 9.16. The Morgan fingerprint density at radius 3 is 2.46 bits per heavy atom. The van der Waals surface area contributed by atoms with Crippen LogP contribution in [0.15, 0.2) is 59.2 Å². The minimum absolute atomic E-state index is 0.0496. The molecule has 0 spiro atoms. The first kappa shape index (κ1) is 15.5. The lowest BCUT2D eigenvalue weighted by molar-refractivity contribution is -0.126. The maximum Gasteiger partial charge on any atom is 0.242 e. The smallest absolute Gasteiger partial charge is 0.242 e. The molecule has 1 saturated heterocycles. The molecule has 0 bridgehead atoms. The Morgan fingerprint density at radius 2 is 1.73 bits per heavy atom. The van der Waals surface area contributed by atoms with Crippen LogP contribution in [0, 0.1) is 5.82 Å². The Morgan fingerprint density at radius 1 is 1.04 bits per heavy atom. The molecule has 2 aliphatic heterocycles. The molecule has 4 nitrogen and oxygen atoms in total. The molecule has 128 valence electrons. The van der Waals surface area contributed by atoms with E-state index in [0.717, 1.165) is 16.7 Å². The van der Waals surface area contributed by atoms with Crippen LogP contribution in [0.4, 0.5) is 4.39 Å². The predicted octanol–water partition coefficient (Wildman–Crippen LogP) is 3.81. The summed E-state index contributed by atoms with van der Waals surface area (Å²) < 4.78 is 13.5. The minimum Gasteiger partial charge on any atom is -0.287 e. The highest BCUT2D eigenvalue weighted by molar-refractivity contribution is 8.15. The van der Waals surface area contributed by atoms with Crippen LogP contribution in [-0.4, -0.2) is 27.0 Å². The van der Waals surface area contributed by atoms with Crippen molar-refractivity contribution in [3.8, 4) is 0 Å². The maximum atomic E-state index is 13.5. The molecule has 2 heterocycles. The summed E-state index contributed by atoms with van der Waals surface area (Å²) in [4.78, 5) is 31.9. The Hall–Kier alpha value is -2.73. The molecule has 1 amide bonds. The van der Waals surface area contributed by atoms with Crippen LogP contribution in [0.2, 0.25) is 0 Å². The zero-order chi connectivity index (χ0) is 18.0. The zero-order valence-electron chi connectivity index (χ0n) is 13.8. The summed E-state index contributed by atoms with van der Waals surface area (Å²) in [6, 6.07) is 13.0. The Balaban J connectivity index is 1.77. The average Bonchev–Trinajstić information content (AvgIpc) is 3.09. The van der Waals surface area contributed by atoms with Crippen molar-refractivity contribution in [3.63, 3.8) is 0 Å². The number of rotatable bonds is 1. The number of amides is 1. The van der Waals surface area contributed by atoms with Crippen molar-refractivity contribution < 1.29 is 14.0 Å². The summed E-state index contributed by atoms with van der Waals surface area (Å²) in [5.41, 5.74) is 3.27. The molecule has 6 heteroatoms. The number of ketones is 1. The van der Waals surface area contributed by atoms with E-state index < -0.39 is 6.04 Å². The maximum absolute atomic E-state index is 13.5. The van der Waals surface area contributed by atoms with Crippen molar-refractivity contribution in [2.24, 2.45) is 4.99 Å². The highest BCUT2D eigenvalue weighted by atomic mass is 32.2. The Bertz CT molecular complexity index is 1040. The van der Waals surface area contributed by atoms with Gasteiger partial charge in [0.2, 0.25) is 11.7 Å². The van der Waals surface area contributed by atoms with Gasteiger partial charge in [-0.3, -0.25) is 14.5 Å². The van der Waals surface area contributed by atoms with Crippen molar-refractivity contribution in [2.75, 3.05) is 0 Å². The molecule has 0 N–H and O–H groups in total. The Kier molecular flexibility index (Phi) is 3.21. The highest BCUT2D eigenvalue weighted by Crippen LogP contribution is 2.50. The number of carbonyl (C=O) groups is 2. The van der Waals surface area contributed by atoms with E-state index in [2.05, 4.69) is 4.99 Å². The van der Waals surface area contributed by atoms with Gasteiger partial charge in [-0.1, -0.05) is 48.2 Å². The number of hydrogen-bond acceptors (Lipinski definition) is 4. The van der Waals surface area contributed by atoms with Gasteiger partial charge < -0.3 is 0 Å². The number of hydrogen-bond donors (Lipinski definition) is 0. The number of thioether (sulfide) groups is 1. The predicted molar refractivity (Wildman–Crippen MR) is 98.2 cm³/mol. The number of halogens is 1. The summed E-state index contributed by atoms with van der Waals surface area (Å²) >= 11 is 1.35. The lowest BCUT2D eigenvalue weighted by Gasteiger charge is -2.32. The van der Waals surface area contributed by atoms with Crippen molar-refractivity contribution in [1.29, 1.82) is 0 Å². The number of nitrogens with zero attached hydrogens (tertiary/aromatic N) is 2. The van der Waals surface area contributed by atoms with Gasteiger partial charge in [-0.2, -0.15) is 0 Å². The summed E-state index contributed by atoms with van der Waals surface area (Å²) in [5.74, 6) is -0.514. The normalized spacial score (nSPS) is 23.8. The fraction of sp³-hybridized carbons (Fsp3) is 0.150. The van der Waals surface area contributed by atoms with Gasteiger partial charge in [-0.25, -0.2) is 9.38 Å². The quantitative estimate of drug-likeness (QED) is 0.773. The van der Waals surface area contributed by atoms with Crippen LogP contribution in [0.25, 0.3) is 5.57 Å². The summed E-state index contributed by atoms with van der Waals surface area (Å²) in [6.07, 6.45) is 0. The number of amidine groups is 1. The second kappa shape index (κ2) is 5.38. The van der Waals surface area contributed by atoms with Gasteiger partial charge in [0.1, 0.15) is 11.5 Å². The van der Waals surface area contributed by atoms with Crippen LogP contribution in [-0.2, 0) is 4.79 Å². The van der Waals surface area contributed by atoms with Gasteiger partial charge in [0.15, 0.2) is 5.17 Å². The van der Waals surface area contributed by atoms with E-state index >= 15 is 0 Å². The standard InChI is InChI=1S/C20H13FN2O2S/c1-10-19(25)23-17(11-6-8-12(21)9-7-11)15-13-4-2-3-5-14(13)18(24)16(15)22-20(23)26-10/h2-10,17H,1H3/t10-,17-/m0/s1. The molecule has 2 aromatic rings. The molecule has 2 aromatic carbocycles. The van der Waals surface area contributed by atoms with Crippen molar-refractivity contribution in [3.05, 3.63) is 76.7 Å². The zero-order valence-corrected chi connectivity index (χ0v) is 14.6. The topological polar surface area (TPSA) is 49.7 Å². The molecule has 0 aromatic heterocycles. The minimum atomic E-state index is -0.476. The molecule has 3 aliphatic rings. The fourth-order valence-electron chi connectivity index (χ4n) is 3.74. The van der Waals surface area contributed by atoms with E-state index in [9.17, 15) is 14.0 Å². The van der Waals surface area contributed by atoms with Crippen molar-refractivity contribution in [1.82, 2.24) is 4.90 Å². The van der Waals surface area contributed by atoms with E-state index in [-0.39, 0.29) is 22.8 Å². The second-order valence-corrected chi connectivity index (χ2v) is 7.76. The average molecular weight is 364 g/mol. The highest BCUT2D eigenvalue weighted by Gasteiger charge is 2.48. The molecule has 2 atom stereocenters.